The Hall–Kier alpha value is -1.40. The van der Waals surface area contributed by atoms with Crippen LogP contribution >= 0.6 is 0 Å². The SMILES string of the molecule is COCCCNc1c(NCCN(C)C)c(=O)c1=O. The molecule has 0 amide bonds. The number of nitrogens with one attached hydrogen (secondary N) is 2. The molecule has 1 aromatic rings. The fourth-order valence-corrected chi connectivity index (χ4v) is 1.56. The maximum Gasteiger partial charge on any atom is 0.253 e. The van der Waals surface area contributed by atoms with E-state index in [4.69, 9.17) is 4.74 Å². The number of hydrogen-bond donors (Lipinski definition) is 2. The van der Waals surface area contributed by atoms with Crippen molar-refractivity contribution in [3.63, 3.8) is 0 Å². The van der Waals surface area contributed by atoms with Crippen LogP contribution in [0.2, 0.25) is 0 Å². The fraction of sp³-hybridized carbons (Fsp3) is 0.667. The highest BCUT2D eigenvalue weighted by molar-refractivity contribution is 5.73. The van der Waals surface area contributed by atoms with Crippen LogP contribution in [0.25, 0.3) is 0 Å². The Morgan fingerprint density at radius 3 is 2.11 bits per heavy atom. The Morgan fingerprint density at radius 1 is 1.06 bits per heavy atom. The van der Waals surface area contributed by atoms with Crippen LogP contribution in [0.3, 0.4) is 0 Å². The van der Waals surface area contributed by atoms with Crippen molar-refractivity contribution >= 4 is 11.4 Å². The van der Waals surface area contributed by atoms with Crippen LogP contribution in [0.5, 0.6) is 0 Å². The molecule has 0 fully saturated rings. The van der Waals surface area contributed by atoms with Crippen LogP contribution in [0, 0.1) is 0 Å². The largest absolute Gasteiger partial charge is 0.385 e. The van der Waals surface area contributed by atoms with Gasteiger partial charge in [-0.25, -0.2) is 0 Å². The third-order valence-corrected chi connectivity index (χ3v) is 2.60. The maximum atomic E-state index is 11.4. The molecule has 6 nitrogen and oxygen atoms in total. The van der Waals surface area contributed by atoms with Gasteiger partial charge in [0, 0.05) is 33.4 Å². The van der Waals surface area contributed by atoms with Gasteiger partial charge in [-0.3, -0.25) is 9.59 Å². The molecule has 18 heavy (non-hydrogen) atoms. The summed E-state index contributed by atoms with van der Waals surface area (Å²) in [5.74, 6) is 0. The second-order valence-corrected chi connectivity index (χ2v) is 4.41. The normalized spacial score (nSPS) is 11.1. The Labute approximate surface area is 107 Å². The van der Waals surface area contributed by atoms with Gasteiger partial charge in [-0.2, -0.15) is 0 Å². The average Bonchev–Trinajstić information content (AvgIpc) is 2.35. The van der Waals surface area contributed by atoms with Gasteiger partial charge in [-0.15, -0.1) is 0 Å². The van der Waals surface area contributed by atoms with Crippen LogP contribution in [0.15, 0.2) is 9.59 Å². The minimum Gasteiger partial charge on any atom is -0.385 e. The number of methoxy groups -OCH3 is 1. The smallest absolute Gasteiger partial charge is 0.253 e. The van der Waals surface area contributed by atoms with E-state index in [1.807, 2.05) is 19.0 Å². The summed E-state index contributed by atoms with van der Waals surface area (Å²) < 4.78 is 4.91. The first-order valence-electron chi connectivity index (χ1n) is 6.02. The molecule has 0 bridgehead atoms. The highest BCUT2D eigenvalue weighted by Crippen LogP contribution is 2.13. The highest BCUT2D eigenvalue weighted by Gasteiger charge is 2.19. The van der Waals surface area contributed by atoms with E-state index in [1.165, 1.54) is 0 Å². The number of anilines is 2. The summed E-state index contributed by atoms with van der Waals surface area (Å²) in [7, 11) is 5.53. The Kier molecular flexibility index (Phi) is 5.80. The number of nitrogens with zero attached hydrogens (tertiary/aromatic N) is 1. The lowest BCUT2D eigenvalue weighted by Gasteiger charge is -2.16. The van der Waals surface area contributed by atoms with Crippen LogP contribution in [0.4, 0.5) is 11.4 Å². The Balaban J connectivity index is 2.45. The molecule has 6 heteroatoms. The van der Waals surface area contributed by atoms with Crippen molar-refractivity contribution in [2.45, 2.75) is 6.42 Å². The fourth-order valence-electron chi connectivity index (χ4n) is 1.56. The highest BCUT2D eigenvalue weighted by atomic mass is 16.5. The van der Waals surface area contributed by atoms with Gasteiger partial charge in [0.1, 0.15) is 11.4 Å². The van der Waals surface area contributed by atoms with E-state index < -0.39 is 10.9 Å². The molecule has 0 saturated heterocycles. The average molecular weight is 255 g/mol. The van der Waals surface area contributed by atoms with Crippen LogP contribution in [0.1, 0.15) is 6.42 Å². The van der Waals surface area contributed by atoms with Crippen molar-refractivity contribution in [2.24, 2.45) is 0 Å². The zero-order chi connectivity index (χ0) is 13.5. The lowest BCUT2D eigenvalue weighted by atomic mass is 10.2. The van der Waals surface area contributed by atoms with Crippen LogP contribution < -0.4 is 21.5 Å². The first-order chi connectivity index (χ1) is 8.57. The van der Waals surface area contributed by atoms with Gasteiger partial charge in [-0.05, 0) is 20.5 Å². The van der Waals surface area contributed by atoms with E-state index >= 15 is 0 Å². The molecule has 0 atom stereocenters. The summed E-state index contributed by atoms with van der Waals surface area (Å²) >= 11 is 0. The lowest BCUT2D eigenvalue weighted by molar-refractivity contribution is 0.198. The third kappa shape index (κ3) is 3.82. The molecule has 0 spiro atoms. The van der Waals surface area contributed by atoms with E-state index in [-0.39, 0.29) is 0 Å². The number of hydrogen-bond acceptors (Lipinski definition) is 6. The minimum atomic E-state index is -0.431. The zero-order valence-corrected chi connectivity index (χ0v) is 11.2. The molecule has 0 saturated carbocycles. The molecule has 0 aliphatic heterocycles. The third-order valence-electron chi connectivity index (χ3n) is 2.60. The Morgan fingerprint density at radius 2 is 1.61 bits per heavy atom. The quantitative estimate of drug-likeness (QED) is 0.466. The molecule has 2 N–H and O–H groups in total. The summed E-state index contributed by atoms with van der Waals surface area (Å²) in [6, 6.07) is 0. The molecular formula is C12H21N3O3. The first kappa shape index (κ1) is 14.7. The molecule has 0 aliphatic carbocycles. The summed E-state index contributed by atoms with van der Waals surface area (Å²) in [4.78, 5) is 24.8. The van der Waals surface area contributed by atoms with Crippen molar-refractivity contribution in [1.29, 1.82) is 0 Å². The van der Waals surface area contributed by atoms with Gasteiger partial charge < -0.3 is 20.3 Å². The summed E-state index contributed by atoms with van der Waals surface area (Å²) in [5.41, 5.74) is -0.0307. The van der Waals surface area contributed by atoms with Crippen molar-refractivity contribution in [1.82, 2.24) is 4.90 Å². The number of rotatable bonds is 9. The molecule has 0 aliphatic rings. The second kappa shape index (κ2) is 7.13. The van der Waals surface area contributed by atoms with Gasteiger partial charge >= 0.3 is 0 Å². The topological polar surface area (TPSA) is 70.7 Å². The van der Waals surface area contributed by atoms with Crippen LogP contribution in [-0.2, 0) is 4.74 Å². The predicted octanol–water partition coefficient (Wildman–Crippen LogP) is -0.295. The van der Waals surface area contributed by atoms with E-state index in [2.05, 4.69) is 10.6 Å². The molecule has 0 unspecified atom stereocenters. The van der Waals surface area contributed by atoms with Crippen molar-refractivity contribution in [2.75, 3.05) is 58.1 Å². The van der Waals surface area contributed by atoms with Crippen LogP contribution in [-0.4, -0.2) is 52.3 Å². The van der Waals surface area contributed by atoms with Gasteiger partial charge in [0.25, 0.3) is 10.9 Å². The molecule has 0 aromatic heterocycles. The predicted molar refractivity (Wildman–Crippen MR) is 73.4 cm³/mol. The van der Waals surface area contributed by atoms with E-state index in [9.17, 15) is 9.59 Å². The molecule has 1 rings (SSSR count). The second-order valence-electron chi connectivity index (χ2n) is 4.41. The van der Waals surface area contributed by atoms with Crippen molar-refractivity contribution < 1.29 is 4.74 Å². The van der Waals surface area contributed by atoms with Crippen molar-refractivity contribution in [3.05, 3.63) is 20.4 Å². The molecule has 0 heterocycles. The van der Waals surface area contributed by atoms with E-state index in [0.717, 1.165) is 13.0 Å². The number of ether oxygens (including phenoxy) is 1. The molecule has 102 valence electrons. The maximum absolute atomic E-state index is 11.4. The molecular weight excluding hydrogens is 234 g/mol. The summed E-state index contributed by atoms with van der Waals surface area (Å²) in [5, 5.41) is 5.97. The zero-order valence-electron chi connectivity index (χ0n) is 11.2. The summed E-state index contributed by atoms with van der Waals surface area (Å²) in [6.07, 6.45) is 0.798. The van der Waals surface area contributed by atoms with E-state index in [0.29, 0.717) is 31.1 Å². The van der Waals surface area contributed by atoms with E-state index in [1.54, 1.807) is 7.11 Å². The van der Waals surface area contributed by atoms with Gasteiger partial charge in [-0.1, -0.05) is 0 Å². The minimum absolute atomic E-state index is 0.412. The van der Waals surface area contributed by atoms with Gasteiger partial charge in [0.15, 0.2) is 0 Å². The van der Waals surface area contributed by atoms with Crippen molar-refractivity contribution in [3.8, 4) is 0 Å². The molecule has 1 aromatic carbocycles. The first-order valence-corrected chi connectivity index (χ1v) is 6.02. The summed E-state index contributed by atoms with van der Waals surface area (Å²) in [6.45, 7) is 2.71. The lowest BCUT2D eigenvalue weighted by Crippen LogP contribution is -2.38. The standard InChI is InChI=1S/C12H21N3O3/c1-15(2)7-6-14-10-9(11(16)12(10)17)13-5-4-8-18-3/h13-14H,4-8H2,1-3H3. The number of likely N-dealkylation sites (N-methyl/N-ethyl adjacent to an activating group) is 1. The van der Waals surface area contributed by atoms with Gasteiger partial charge in [0.2, 0.25) is 0 Å². The van der Waals surface area contributed by atoms with Gasteiger partial charge in [0.05, 0.1) is 0 Å². The Bertz CT molecular complexity index is 436. The monoisotopic (exact) mass is 255 g/mol. The molecule has 0 radical (unpaired) electrons.